The van der Waals surface area contributed by atoms with Crippen LogP contribution in [0.15, 0.2) is 60.7 Å². The largest absolute Gasteiger partial charge is 0.578 e. The third-order valence-electron chi connectivity index (χ3n) is 3.05. The Bertz CT molecular complexity index is 533. The molecule has 1 nitrogen and oxygen atoms in total. The lowest BCUT2D eigenvalue weighted by Crippen LogP contribution is -2.64. The molecule has 7 heteroatoms. The molecule has 2 aromatic carbocycles. The second kappa shape index (κ2) is 5.07. The first-order valence-corrected chi connectivity index (χ1v) is 5.85. The third-order valence-corrected chi connectivity index (χ3v) is 3.05. The van der Waals surface area contributed by atoms with Crippen molar-refractivity contribution in [3.63, 3.8) is 0 Å². The van der Waals surface area contributed by atoms with E-state index < -0.39 is 28.5 Å². The quantitative estimate of drug-likeness (QED) is 0.398. The predicted octanol–water partition coefficient (Wildman–Crippen LogP) is 5.37. The van der Waals surface area contributed by atoms with E-state index in [1.165, 1.54) is 12.1 Å². The van der Waals surface area contributed by atoms with E-state index in [0.717, 1.165) is 48.5 Å². The SMILES string of the molecule is FC(F)(F)[N+](c1ccccc1)(c1ccccc1)C(F)(F)F. The highest BCUT2D eigenvalue weighted by molar-refractivity contribution is 5.59. The van der Waals surface area contributed by atoms with E-state index in [-0.39, 0.29) is 0 Å². The van der Waals surface area contributed by atoms with E-state index in [4.69, 9.17) is 0 Å². The monoisotopic (exact) mass is 306 g/mol. The number of halogens is 6. The van der Waals surface area contributed by atoms with E-state index in [1.54, 1.807) is 0 Å². The molecule has 0 fully saturated rings. The average molecular weight is 306 g/mol. The Kier molecular flexibility index (Phi) is 3.71. The molecule has 0 atom stereocenters. The Hall–Kier alpha value is -2.02. The Balaban J connectivity index is 2.87. The van der Waals surface area contributed by atoms with Crippen LogP contribution in [0.1, 0.15) is 0 Å². The highest BCUT2D eigenvalue weighted by atomic mass is 19.4. The standard InChI is InChI=1S/C14H10F6N/c15-13(16,17)21(14(18,19)20,11-7-3-1-4-8-11)12-9-5-2-6-10-12/h1-10H/q+1. The molecule has 0 N–H and O–H groups in total. The fourth-order valence-corrected chi connectivity index (χ4v) is 2.18. The van der Waals surface area contributed by atoms with Gasteiger partial charge in [-0.05, 0) is 0 Å². The van der Waals surface area contributed by atoms with Crippen LogP contribution in [0.2, 0.25) is 0 Å². The number of hydrogen-bond donors (Lipinski definition) is 0. The number of alkyl halides is 6. The molecule has 21 heavy (non-hydrogen) atoms. The molecule has 0 saturated heterocycles. The molecule has 0 spiro atoms. The van der Waals surface area contributed by atoms with Crippen molar-refractivity contribution in [2.75, 3.05) is 0 Å². The van der Waals surface area contributed by atoms with E-state index in [1.807, 2.05) is 0 Å². The molecule has 0 radical (unpaired) electrons. The van der Waals surface area contributed by atoms with E-state index in [9.17, 15) is 26.3 Å². The first-order valence-electron chi connectivity index (χ1n) is 5.85. The van der Waals surface area contributed by atoms with Crippen molar-refractivity contribution in [2.45, 2.75) is 12.6 Å². The summed E-state index contributed by atoms with van der Waals surface area (Å²) >= 11 is 0. The van der Waals surface area contributed by atoms with Gasteiger partial charge in [0.25, 0.3) is 0 Å². The lowest BCUT2D eigenvalue weighted by Gasteiger charge is -2.37. The summed E-state index contributed by atoms with van der Waals surface area (Å²) in [7, 11) is 0. The summed E-state index contributed by atoms with van der Waals surface area (Å²) in [6.07, 6.45) is -11.2. The van der Waals surface area contributed by atoms with Crippen LogP contribution in [0.4, 0.5) is 37.7 Å². The molecule has 0 aliphatic rings. The van der Waals surface area contributed by atoms with Crippen LogP contribution in [0.25, 0.3) is 0 Å². The van der Waals surface area contributed by atoms with Crippen LogP contribution < -0.4 is 4.48 Å². The minimum Gasteiger partial charge on any atom is -0.115 e. The summed E-state index contributed by atoms with van der Waals surface area (Å²) in [5, 5.41) is 0. The average Bonchev–Trinajstić information content (AvgIpc) is 2.38. The Labute approximate surface area is 116 Å². The fourth-order valence-electron chi connectivity index (χ4n) is 2.18. The van der Waals surface area contributed by atoms with Crippen molar-refractivity contribution < 1.29 is 26.3 Å². The van der Waals surface area contributed by atoms with Gasteiger partial charge in [0.05, 0.1) is 0 Å². The van der Waals surface area contributed by atoms with Crippen molar-refractivity contribution in [1.29, 1.82) is 0 Å². The first-order chi connectivity index (χ1) is 9.71. The van der Waals surface area contributed by atoms with Crippen molar-refractivity contribution in [3.8, 4) is 0 Å². The number of rotatable bonds is 2. The van der Waals surface area contributed by atoms with Gasteiger partial charge in [-0.2, -0.15) is 0 Å². The molecular formula is C14H10F6N+. The molecule has 0 aliphatic heterocycles. The molecule has 112 valence electrons. The van der Waals surface area contributed by atoms with Crippen LogP contribution in [-0.4, -0.2) is 12.6 Å². The van der Waals surface area contributed by atoms with Gasteiger partial charge in [0.1, 0.15) is 0 Å². The molecule has 0 aromatic heterocycles. The second-order valence-electron chi connectivity index (χ2n) is 4.28. The molecule has 2 rings (SSSR count). The molecule has 0 saturated carbocycles. The minimum absolute atomic E-state index is 0.813. The summed E-state index contributed by atoms with van der Waals surface area (Å²) < 4.78 is 77.8. The van der Waals surface area contributed by atoms with Gasteiger partial charge in [-0.1, -0.05) is 40.9 Å². The van der Waals surface area contributed by atoms with E-state index >= 15 is 0 Å². The van der Waals surface area contributed by atoms with Gasteiger partial charge in [0, 0.05) is 24.3 Å². The maximum absolute atomic E-state index is 13.5. The summed E-state index contributed by atoms with van der Waals surface area (Å²) in [6.45, 7) is 0. The fraction of sp³-hybridized carbons (Fsp3) is 0.143. The van der Waals surface area contributed by atoms with Crippen molar-refractivity contribution in [2.24, 2.45) is 0 Å². The van der Waals surface area contributed by atoms with Gasteiger partial charge in [0.15, 0.2) is 11.4 Å². The summed E-state index contributed by atoms with van der Waals surface area (Å²) in [5.74, 6) is 0. The topological polar surface area (TPSA) is 0 Å². The van der Waals surface area contributed by atoms with Crippen LogP contribution in [0.5, 0.6) is 0 Å². The molecule has 0 amide bonds. The van der Waals surface area contributed by atoms with E-state index in [0.29, 0.717) is 0 Å². The number of quaternary nitrogens is 1. The van der Waals surface area contributed by atoms with Crippen LogP contribution in [0.3, 0.4) is 0 Å². The molecular weight excluding hydrogens is 296 g/mol. The zero-order valence-corrected chi connectivity index (χ0v) is 10.5. The number of hydrogen-bond acceptors (Lipinski definition) is 0. The molecule has 0 heterocycles. The maximum atomic E-state index is 13.5. The molecule has 2 aromatic rings. The normalized spacial score (nSPS) is 13.2. The maximum Gasteiger partial charge on any atom is 0.578 e. The van der Waals surface area contributed by atoms with Gasteiger partial charge in [-0.15, -0.1) is 26.3 Å². The van der Waals surface area contributed by atoms with Crippen molar-refractivity contribution >= 4 is 11.4 Å². The lowest BCUT2D eigenvalue weighted by molar-refractivity contribution is -0.342. The van der Waals surface area contributed by atoms with Crippen molar-refractivity contribution in [3.05, 3.63) is 60.7 Å². The number of para-hydroxylation sites is 2. The van der Waals surface area contributed by atoms with Crippen LogP contribution >= 0.6 is 0 Å². The highest BCUT2D eigenvalue weighted by Crippen LogP contribution is 2.53. The van der Waals surface area contributed by atoms with Gasteiger partial charge >= 0.3 is 12.6 Å². The third kappa shape index (κ3) is 2.37. The number of benzene rings is 2. The van der Waals surface area contributed by atoms with Crippen LogP contribution in [-0.2, 0) is 0 Å². The van der Waals surface area contributed by atoms with E-state index in [2.05, 4.69) is 0 Å². The van der Waals surface area contributed by atoms with Crippen LogP contribution in [0, 0.1) is 0 Å². The Morgan fingerprint density at radius 2 is 0.810 bits per heavy atom. The molecule has 0 bridgehead atoms. The van der Waals surface area contributed by atoms with Crippen molar-refractivity contribution in [1.82, 2.24) is 4.48 Å². The summed E-state index contributed by atoms with van der Waals surface area (Å²) in [5.41, 5.74) is -1.83. The zero-order chi connectivity index (χ0) is 15.7. The van der Waals surface area contributed by atoms with Gasteiger partial charge in [-0.3, -0.25) is 0 Å². The second-order valence-corrected chi connectivity index (χ2v) is 4.28. The Morgan fingerprint density at radius 1 is 0.524 bits per heavy atom. The lowest BCUT2D eigenvalue weighted by atomic mass is 10.2. The number of nitrogens with zero attached hydrogens (tertiary/aromatic N) is 1. The summed E-state index contributed by atoms with van der Waals surface area (Å²) in [4.78, 5) is 0. The minimum atomic E-state index is -5.58. The summed E-state index contributed by atoms with van der Waals surface area (Å²) in [6, 6.07) is 10.5. The predicted molar refractivity (Wildman–Crippen MR) is 66.4 cm³/mol. The first kappa shape index (κ1) is 15.4. The zero-order valence-electron chi connectivity index (χ0n) is 10.5. The molecule has 0 unspecified atom stereocenters. The van der Waals surface area contributed by atoms with Gasteiger partial charge < -0.3 is 0 Å². The van der Waals surface area contributed by atoms with Gasteiger partial charge in [0.2, 0.25) is 0 Å². The molecule has 0 aliphatic carbocycles. The Morgan fingerprint density at radius 3 is 1.05 bits per heavy atom. The van der Waals surface area contributed by atoms with Gasteiger partial charge in [-0.25, -0.2) is 0 Å². The highest BCUT2D eigenvalue weighted by Gasteiger charge is 2.74. The smallest absolute Gasteiger partial charge is 0.115 e.